The van der Waals surface area contributed by atoms with Crippen molar-refractivity contribution in [1.82, 2.24) is 25.7 Å². The Labute approximate surface area is 150 Å². The highest BCUT2D eigenvalue weighted by molar-refractivity contribution is 5.79. The van der Waals surface area contributed by atoms with Gasteiger partial charge in [-0.1, -0.05) is 38.8 Å². The maximum atomic E-state index is 5.33. The molecule has 0 radical (unpaired) electrons. The largest absolute Gasteiger partial charge is 0.352 e. The lowest BCUT2D eigenvalue weighted by atomic mass is 9.97. The third kappa shape index (κ3) is 4.71. The Bertz CT molecular complexity index is 585. The van der Waals surface area contributed by atoms with Crippen LogP contribution in [0.2, 0.25) is 0 Å². The van der Waals surface area contributed by atoms with Crippen LogP contribution in [-0.2, 0) is 12.0 Å². The minimum Gasteiger partial charge on any atom is -0.352 e. The Balaban J connectivity index is 1.46. The smallest absolute Gasteiger partial charge is 0.232 e. The van der Waals surface area contributed by atoms with E-state index >= 15 is 0 Å². The van der Waals surface area contributed by atoms with Crippen LogP contribution < -0.4 is 10.6 Å². The zero-order valence-electron chi connectivity index (χ0n) is 16.0. The minimum atomic E-state index is -0.126. The molecule has 1 saturated carbocycles. The SMILES string of the molecule is CN=C(NCc1noc(C(C)(C)C)n1)NC1CCN(C2CCCC2)C1. The van der Waals surface area contributed by atoms with Gasteiger partial charge in [0.1, 0.15) is 0 Å². The van der Waals surface area contributed by atoms with Crippen molar-refractivity contribution in [3.63, 3.8) is 0 Å². The first kappa shape index (κ1) is 18.2. The molecule has 0 spiro atoms. The molecule has 1 aromatic rings. The summed E-state index contributed by atoms with van der Waals surface area (Å²) in [6.45, 7) is 9.01. The third-order valence-corrected chi connectivity index (χ3v) is 5.15. The number of nitrogens with zero attached hydrogens (tertiary/aromatic N) is 4. The van der Waals surface area contributed by atoms with Crippen molar-refractivity contribution in [3.05, 3.63) is 11.7 Å². The van der Waals surface area contributed by atoms with Crippen LogP contribution in [0.5, 0.6) is 0 Å². The van der Waals surface area contributed by atoms with E-state index in [0.29, 0.717) is 24.3 Å². The lowest BCUT2D eigenvalue weighted by Gasteiger charge is -2.24. The van der Waals surface area contributed by atoms with Gasteiger partial charge in [-0.15, -0.1) is 0 Å². The van der Waals surface area contributed by atoms with Gasteiger partial charge in [-0.2, -0.15) is 4.98 Å². The maximum absolute atomic E-state index is 5.33. The molecule has 0 aromatic carbocycles. The van der Waals surface area contributed by atoms with Crippen molar-refractivity contribution in [2.75, 3.05) is 20.1 Å². The van der Waals surface area contributed by atoms with Crippen molar-refractivity contribution in [1.29, 1.82) is 0 Å². The average Bonchev–Trinajstić information content (AvgIpc) is 3.30. The van der Waals surface area contributed by atoms with Gasteiger partial charge in [0, 0.05) is 37.6 Å². The molecule has 0 amide bonds. The van der Waals surface area contributed by atoms with Gasteiger partial charge in [0.15, 0.2) is 11.8 Å². The third-order valence-electron chi connectivity index (χ3n) is 5.15. The monoisotopic (exact) mass is 348 g/mol. The van der Waals surface area contributed by atoms with E-state index in [1.54, 1.807) is 7.05 Å². The molecule has 2 heterocycles. The number of likely N-dealkylation sites (tertiary alicyclic amines) is 1. The summed E-state index contributed by atoms with van der Waals surface area (Å²) in [6.07, 6.45) is 6.70. The van der Waals surface area contributed by atoms with E-state index < -0.39 is 0 Å². The Morgan fingerprint density at radius 2 is 2.04 bits per heavy atom. The van der Waals surface area contributed by atoms with Gasteiger partial charge in [-0.3, -0.25) is 9.89 Å². The van der Waals surface area contributed by atoms with E-state index in [2.05, 4.69) is 51.4 Å². The maximum Gasteiger partial charge on any atom is 0.232 e. The Kier molecular flexibility index (Phi) is 5.61. The summed E-state index contributed by atoms with van der Waals surface area (Å²) in [5.41, 5.74) is -0.126. The van der Waals surface area contributed by atoms with Gasteiger partial charge >= 0.3 is 0 Å². The lowest BCUT2D eigenvalue weighted by Crippen LogP contribution is -2.45. The number of aliphatic imine (C=N–C) groups is 1. The minimum absolute atomic E-state index is 0.126. The fraction of sp³-hybridized carbons (Fsp3) is 0.833. The first-order valence-electron chi connectivity index (χ1n) is 9.50. The number of nitrogens with one attached hydrogen (secondary N) is 2. The molecule has 7 nitrogen and oxygen atoms in total. The van der Waals surface area contributed by atoms with Crippen molar-refractivity contribution < 1.29 is 4.52 Å². The van der Waals surface area contributed by atoms with Gasteiger partial charge in [0.2, 0.25) is 5.89 Å². The molecular weight excluding hydrogens is 316 g/mol. The molecule has 0 bridgehead atoms. The Morgan fingerprint density at radius 1 is 1.28 bits per heavy atom. The molecule has 1 atom stereocenters. The molecular formula is C18H32N6O. The summed E-state index contributed by atoms with van der Waals surface area (Å²) in [4.78, 5) is 11.4. The van der Waals surface area contributed by atoms with Crippen molar-refractivity contribution in [3.8, 4) is 0 Å². The summed E-state index contributed by atoms with van der Waals surface area (Å²) < 4.78 is 5.33. The van der Waals surface area contributed by atoms with Crippen LogP contribution in [0.25, 0.3) is 0 Å². The standard InChI is InChI=1S/C18H32N6O/c1-18(2,3)16-22-15(23-25-16)11-20-17(19-4)21-13-9-10-24(12-13)14-7-5-6-8-14/h13-14H,5-12H2,1-4H3,(H2,19,20,21). The van der Waals surface area contributed by atoms with Crippen LogP contribution in [-0.4, -0.2) is 53.2 Å². The Morgan fingerprint density at radius 3 is 2.68 bits per heavy atom. The fourth-order valence-electron chi connectivity index (χ4n) is 3.69. The molecule has 1 aromatic heterocycles. The number of guanidine groups is 1. The van der Waals surface area contributed by atoms with Gasteiger partial charge in [0.25, 0.3) is 0 Å². The average molecular weight is 348 g/mol. The first-order chi connectivity index (χ1) is 12.0. The molecule has 1 saturated heterocycles. The van der Waals surface area contributed by atoms with Gasteiger partial charge in [-0.25, -0.2) is 0 Å². The number of hydrogen-bond acceptors (Lipinski definition) is 5. The molecule has 1 aliphatic carbocycles. The van der Waals surface area contributed by atoms with Crippen LogP contribution in [0.3, 0.4) is 0 Å². The second-order valence-electron chi connectivity index (χ2n) is 8.25. The number of rotatable bonds is 4. The van der Waals surface area contributed by atoms with Crippen molar-refractivity contribution >= 4 is 5.96 Å². The van der Waals surface area contributed by atoms with Crippen molar-refractivity contribution in [2.45, 2.75) is 76.9 Å². The van der Waals surface area contributed by atoms with Crippen LogP contribution in [0.1, 0.15) is 64.6 Å². The van der Waals surface area contributed by atoms with Crippen LogP contribution in [0.4, 0.5) is 0 Å². The summed E-state index contributed by atoms with van der Waals surface area (Å²) >= 11 is 0. The van der Waals surface area contributed by atoms with Crippen molar-refractivity contribution in [2.24, 2.45) is 4.99 Å². The summed E-state index contributed by atoms with van der Waals surface area (Å²) in [7, 11) is 1.80. The zero-order chi connectivity index (χ0) is 17.9. The van der Waals surface area contributed by atoms with Gasteiger partial charge in [0.05, 0.1) is 6.54 Å². The Hall–Kier alpha value is -1.63. The predicted octanol–water partition coefficient (Wildman–Crippen LogP) is 2.05. The molecule has 3 rings (SSSR count). The zero-order valence-corrected chi connectivity index (χ0v) is 16.0. The van der Waals surface area contributed by atoms with E-state index in [0.717, 1.165) is 18.5 Å². The molecule has 1 unspecified atom stereocenters. The summed E-state index contributed by atoms with van der Waals surface area (Å²) in [5, 5.41) is 10.9. The van der Waals surface area contributed by atoms with E-state index in [1.165, 1.54) is 38.6 Å². The molecule has 7 heteroatoms. The second kappa shape index (κ2) is 7.72. The summed E-state index contributed by atoms with van der Waals surface area (Å²) in [5.74, 6) is 2.13. The molecule has 2 aliphatic rings. The van der Waals surface area contributed by atoms with E-state index in [4.69, 9.17) is 4.52 Å². The normalized spacial score (nSPS) is 23.4. The number of aromatic nitrogens is 2. The van der Waals surface area contributed by atoms with Gasteiger partial charge in [-0.05, 0) is 19.3 Å². The van der Waals surface area contributed by atoms with Crippen LogP contribution in [0.15, 0.2) is 9.52 Å². The predicted molar refractivity (Wildman–Crippen MR) is 98.6 cm³/mol. The van der Waals surface area contributed by atoms with E-state index in [9.17, 15) is 0 Å². The molecule has 2 fully saturated rings. The second-order valence-corrected chi connectivity index (χ2v) is 8.25. The molecule has 2 N–H and O–H groups in total. The van der Waals surface area contributed by atoms with Crippen LogP contribution in [0, 0.1) is 0 Å². The summed E-state index contributed by atoms with van der Waals surface area (Å²) in [6, 6.07) is 1.26. The molecule has 1 aliphatic heterocycles. The fourth-order valence-corrected chi connectivity index (χ4v) is 3.69. The van der Waals surface area contributed by atoms with Crippen LogP contribution >= 0.6 is 0 Å². The van der Waals surface area contributed by atoms with E-state index in [-0.39, 0.29) is 5.41 Å². The van der Waals surface area contributed by atoms with Gasteiger partial charge < -0.3 is 15.2 Å². The quantitative estimate of drug-likeness (QED) is 0.640. The highest BCUT2D eigenvalue weighted by Crippen LogP contribution is 2.26. The highest BCUT2D eigenvalue weighted by atomic mass is 16.5. The molecule has 25 heavy (non-hydrogen) atoms. The highest BCUT2D eigenvalue weighted by Gasteiger charge is 2.30. The topological polar surface area (TPSA) is 78.6 Å². The van der Waals surface area contributed by atoms with E-state index in [1.807, 2.05) is 0 Å². The number of hydrogen-bond donors (Lipinski definition) is 2. The first-order valence-corrected chi connectivity index (χ1v) is 9.50. The molecule has 140 valence electrons. The lowest BCUT2D eigenvalue weighted by molar-refractivity contribution is 0.242.